The molecule has 0 unspecified atom stereocenters. The first-order valence-corrected chi connectivity index (χ1v) is 4.32. The molecule has 0 N–H and O–H groups in total. The Bertz CT molecular complexity index is 221. The Morgan fingerprint density at radius 3 is 2.17 bits per heavy atom. The van der Waals surface area contributed by atoms with Crippen molar-refractivity contribution < 1.29 is 4.39 Å². The van der Waals surface area contributed by atoms with Crippen LogP contribution in [0.25, 0.3) is 0 Å². The van der Waals surface area contributed by atoms with E-state index in [0.717, 1.165) is 5.69 Å². The molecular weight excluding hydrogens is 153 g/mol. The van der Waals surface area contributed by atoms with Crippen molar-refractivity contribution in [2.45, 2.75) is 33.6 Å². The van der Waals surface area contributed by atoms with Gasteiger partial charge in [0.1, 0.15) is 0 Å². The second-order valence-electron chi connectivity index (χ2n) is 2.54. The number of hydrogen-bond acceptors (Lipinski definition) is 1. The van der Waals surface area contributed by atoms with Crippen molar-refractivity contribution >= 4 is 0 Å². The lowest BCUT2D eigenvalue weighted by Gasteiger charge is -2.01. The van der Waals surface area contributed by atoms with Gasteiger partial charge in [0.15, 0.2) is 0 Å². The first-order valence-electron chi connectivity index (χ1n) is 4.32. The molecule has 0 aliphatic rings. The van der Waals surface area contributed by atoms with Crippen molar-refractivity contribution in [3.8, 4) is 0 Å². The molecule has 0 spiro atoms. The smallest absolute Gasteiger partial charge is 0.213 e. The SMILES string of the molecule is CC.CC(C)c1cccc(F)n1. The van der Waals surface area contributed by atoms with Crippen LogP contribution in [0.4, 0.5) is 4.39 Å². The van der Waals surface area contributed by atoms with Crippen molar-refractivity contribution in [2.24, 2.45) is 0 Å². The Morgan fingerprint density at radius 2 is 1.83 bits per heavy atom. The van der Waals surface area contributed by atoms with Crippen LogP contribution in [-0.4, -0.2) is 4.98 Å². The van der Waals surface area contributed by atoms with Crippen LogP contribution in [-0.2, 0) is 0 Å². The third-order valence-corrected chi connectivity index (χ3v) is 1.33. The van der Waals surface area contributed by atoms with Gasteiger partial charge in [-0.25, -0.2) is 4.98 Å². The molecule has 0 atom stereocenters. The van der Waals surface area contributed by atoms with Crippen molar-refractivity contribution in [3.05, 3.63) is 29.8 Å². The predicted molar refractivity (Wildman–Crippen MR) is 49.6 cm³/mol. The van der Waals surface area contributed by atoms with Crippen LogP contribution in [0.15, 0.2) is 18.2 Å². The minimum atomic E-state index is -0.397. The van der Waals surface area contributed by atoms with E-state index >= 15 is 0 Å². The van der Waals surface area contributed by atoms with E-state index in [1.54, 1.807) is 6.07 Å². The lowest BCUT2D eigenvalue weighted by Crippen LogP contribution is -1.93. The Balaban J connectivity index is 0.000000561. The molecule has 0 saturated carbocycles. The first-order chi connectivity index (χ1) is 5.70. The zero-order valence-corrected chi connectivity index (χ0v) is 8.13. The van der Waals surface area contributed by atoms with Crippen LogP contribution in [0.5, 0.6) is 0 Å². The third-order valence-electron chi connectivity index (χ3n) is 1.33. The van der Waals surface area contributed by atoms with E-state index in [9.17, 15) is 4.39 Å². The number of halogens is 1. The number of pyridine rings is 1. The molecule has 12 heavy (non-hydrogen) atoms. The van der Waals surface area contributed by atoms with Crippen LogP contribution in [0.2, 0.25) is 0 Å². The summed E-state index contributed by atoms with van der Waals surface area (Å²) in [6, 6.07) is 4.86. The largest absolute Gasteiger partial charge is 0.225 e. The topological polar surface area (TPSA) is 12.9 Å². The highest BCUT2D eigenvalue weighted by Gasteiger charge is 1.99. The molecule has 1 aromatic rings. The monoisotopic (exact) mass is 169 g/mol. The van der Waals surface area contributed by atoms with Gasteiger partial charge >= 0.3 is 0 Å². The molecule has 0 aromatic carbocycles. The van der Waals surface area contributed by atoms with Gasteiger partial charge in [-0.15, -0.1) is 0 Å². The highest BCUT2D eigenvalue weighted by molar-refractivity contribution is 5.07. The van der Waals surface area contributed by atoms with Gasteiger partial charge in [0.05, 0.1) is 0 Å². The van der Waals surface area contributed by atoms with Crippen molar-refractivity contribution in [1.82, 2.24) is 4.98 Å². The highest BCUT2D eigenvalue weighted by Crippen LogP contribution is 2.10. The quantitative estimate of drug-likeness (QED) is 0.587. The second-order valence-corrected chi connectivity index (χ2v) is 2.54. The van der Waals surface area contributed by atoms with Crippen molar-refractivity contribution in [2.75, 3.05) is 0 Å². The van der Waals surface area contributed by atoms with E-state index in [-0.39, 0.29) is 0 Å². The molecule has 1 nitrogen and oxygen atoms in total. The van der Waals surface area contributed by atoms with Crippen LogP contribution >= 0.6 is 0 Å². The molecule has 1 rings (SSSR count). The summed E-state index contributed by atoms with van der Waals surface area (Å²) in [5.74, 6) is -0.0955. The van der Waals surface area contributed by atoms with Crippen molar-refractivity contribution in [1.29, 1.82) is 0 Å². The van der Waals surface area contributed by atoms with Gasteiger partial charge in [0.2, 0.25) is 5.95 Å². The van der Waals surface area contributed by atoms with Gasteiger partial charge in [-0.1, -0.05) is 33.8 Å². The molecule has 0 amide bonds. The Morgan fingerprint density at radius 1 is 1.25 bits per heavy atom. The van der Waals surface area contributed by atoms with Gasteiger partial charge in [0, 0.05) is 5.69 Å². The normalized spacial score (nSPS) is 9.17. The first kappa shape index (κ1) is 11.1. The zero-order valence-electron chi connectivity index (χ0n) is 8.13. The second kappa shape index (κ2) is 5.70. The third kappa shape index (κ3) is 3.46. The summed E-state index contributed by atoms with van der Waals surface area (Å²) in [5.41, 5.74) is 0.806. The van der Waals surface area contributed by atoms with E-state index in [0.29, 0.717) is 5.92 Å². The molecular formula is C10H16FN. The van der Waals surface area contributed by atoms with E-state index < -0.39 is 5.95 Å². The Hall–Kier alpha value is -0.920. The maximum atomic E-state index is 12.4. The molecule has 1 heterocycles. The fourth-order valence-corrected chi connectivity index (χ4v) is 0.746. The van der Waals surface area contributed by atoms with Gasteiger partial charge in [0.25, 0.3) is 0 Å². The summed E-state index contributed by atoms with van der Waals surface area (Å²) in [6.45, 7) is 7.98. The Kier molecular flexibility index (Phi) is 5.26. The number of rotatable bonds is 1. The lowest BCUT2D eigenvalue weighted by molar-refractivity contribution is 0.571. The summed E-state index contributed by atoms with van der Waals surface area (Å²) >= 11 is 0. The average Bonchev–Trinajstić information content (AvgIpc) is 2.08. The molecule has 1 aromatic heterocycles. The number of nitrogens with zero attached hydrogens (tertiary/aromatic N) is 1. The predicted octanol–water partition coefficient (Wildman–Crippen LogP) is 3.37. The van der Waals surface area contributed by atoms with E-state index in [1.807, 2.05) is 33.8 Å². The lowest BCUT2D eigenvalue weighted by atomic mass is 10.1. The molecule has 0 radical (unpaired) electrons. The summed E-state index contributed by atoms with van der Waals surface area (Å²) < 4.78 is 12.4. The van der Waals surface area contributed by atoms with Crippen LogP contribution in [0.3, 0.4) is 0 Å². The average molecular weight is 169 g/mol. The molecule has 68 valence electrons. The van der Waals surface area contributed by atoms with Crippen molar-refractivity contribution in [3.63, 3.8) is 0 Å². The highest BCUT2D eigenvalue weighted by atomic mass is 19.1. The summed E-state index contributed by atoms with van der Waals surface area (Å²) in [5, 5.41) is 0. The fraction of sp³-hybridized carbons (Fsp3) is 0.500. The molecule has 0 bridgehead atoms. The summed E-state index contributed by atoms with van der Waals surface area (Å²) in [4.78, 5) is 3.71. The van der Waals surface area contributed by atoms with Gasteiger partial charge in [-0.2, -0.15) is 4.39 Å². The van der Waals surface area contributed by atoms with Crippen LogP contribution < -0.4 is 0 Å². The van der Waals surface area contributed by atoms with Gasteiger partial charge < -0.3 is 0 Å². The summed E-state index contributed by atoms with van der Waals surface area (Å²) in [7, 11) is 0. The molecule has 0 aliphatic carbocycles. The summed E-state index contributed by atoms with van der Waals surface area (Å²) in [6.07, 6.45) is 0. The number of aromatic nitrogens is 1. The minimum absolute atomic E-state index is 0.302. The molecule has 0 fully saturated rings. The molecule has 2 heteroatoms. The zero-order chi connectivity index (χ0) is 9.56. The Labute approximate surface area is 73.6 Å². The standard InChI is InChI=1S/C8H10FN.C2H6/c1-6(2)7-4-3-5-8(9)10-7;1-2/h3-6H,1-2H3;1-2H3. The fourth-order valence-electron chi connectivity index (χ4n) is 0.746. The molecule has 0 saturated heterocycles. The number of hydrogen-bond donors (Lipinski definition) is 0. The van der Waals surface area contributed by atoms with Crippen LogP contribution in [0.1, 0.15) is 39.3 Å². The van der Waals surface area contributed by atoms with Crippen LogP contribution in [0, 0.1) is 5.95 Å². The van der Waals surface area contributed by atoms with E-state index in [2.05, 4.69) is 4.98 Å². The maximum Gasteiger partial charge on any atom is 0.213 e. The maximum absolute atomic E-state index is 12.4. The van der Waals surface area contributed by atoms with Gasteiger partial charge in [-0.05, 0) is 18.1 Å². The van der Waals surface area contributed by atoms with E-state index in [4.69, 9.17) is 0 Å². The molecule has 0 aliphatic heterocycles. The van der Waals surface area contributed by atoms with E-state index in [1.165, 1.54) is 6.07 Å². The van der Waals surface area contributed by atoms with Gasteiger partial charge in [-0.3, -0.25) is 0 Å². The minimum Gasteiger partial charge on any atom is -0.225 e.